The number of rotatable bonds is 14. The van der Waals surface area contributed by atoms with Gasteiger partial charge in [-0.05, 0) is 55.2 Å². The van der Waals surface area contributed by atoms with E-state index in [-0.39, 0.29) is 42.2 Å². The van der Waals surface area contributed by atoms with E-state index in [0.29, 0.717) is 54.2 Å². The number of nitrogens with one attached hydrogen (secondary N) is 3. The summed E-state index contributed by atoms with van der Waals surface area (Å²) in [5.74, 6) is -2.58. The first-order valence-electron chi connectivity index (χ1n) is 14.3. The third kappa shape index (κ3) is 7.80. The molecule has 2 aromatic heterocycles. The van der Waals surface area contributed by atoms with Crippen molar-refractivity contribution in [2.45, 2.75) is 32.2 Å². The maximum Gasteiger partial charge on any atom is 0.251 e. The molecule has 2 aromatic carbocycles. The summed E-state index contributed by atoms with van der Waals surface area (Å²) in [6, 6.07) is 7.31. The van der Waals surface area contributed by atoms with Crippen LogP contribution in [0, 0.1) is 11.6 Å². The third-order valence-corrected chi connectivity index (χ3v) is 6.98. The van der Waals surface area contributed by atoms with Crippen molar-refractivity contribution in [1.29, 1.82) is 0 Å². The summed E-state index contributed by atoms with van der Waals surface area (Å²) in [5, 5.41) is 8.72. The Balaban J connectivity index is 1.39. The van der Waals surface area contributed by atoms with Gasteiger partial charge >= 0.3 is 0 Å². The molecule has 0 aliphatic heterocycles. The van der Waals surface area contributed by atoms with Gasteiger partial charge in [0.05, 0.1) is 25.0 Å². The Kier molecular flexibility index (Phi) is 10.8. The van der Waals surface area contributed by atoms with Crippen LogP contribution in [0.3, 0.4) is 0 Å². The molecule has 0 radical (unpaired) electrons. The molecule has 0 bridgehead atoms. The van der Waals surface area contributed by atoms with Gasteiger partial charge in [0.2, 0.25) is 11.7 Å². The molecule has 4 rings (SSSR count). The Morgan fingerprint density at radius 1 is 1.09 bits per heavy atom. The Hall–Kier alpha value is -5.31. The van der Waals surface area contributed by atoms with E-state index in [0.717, 1.165) is 5.56 Å². The summed E-state index contributed by atoms with van der Waals surface area (Å²) in [5.41, 5.74) is 19.1. The number of methoxy groups -OCH3 is 1. The molecule has 238 valence electrons. The van der Waals surface area contributed by atoms with Crippen LogP contribution in [0.25, 0.3) is 16.9 Å². The molecule has 2 heterocycles. The van der Waals surface area contributed by atoms with Crippen LogP contribution >= 0.6 is 0 Å². The first-order chi connectivity index (χ1) is 21.6. The average molecular weight is 623 g/mol. The van der Waals surface area contributed by atoms with Crippen molar-refractivity contribution in [3.8, 4) is 17.0 Å². The third-order valence-electron chi connectivity index (χ3n) is 6.98. The van der Waals surface area contributed by atoms with Crippen molar-refractivity contribution in [2.75, 3.05) is 32.1 Å². The van der Waals surface area contributed by atoms with Crippen LogP contribution in [0.15, 0.2) is 53.9 Å². The second-order valence-electron chi connectivity index (χ2n) is 10.0. The van der Waals surface area contributed by atoms with Gasteiger partial charge in [-0.3, -0.25) is 19.0 Å². The minimum Gasteiger partial charge on any atom is -0.494 e. The van der Waals surface area contributed by atoms with Crippen LogP contribution in [0.1, 0.15) is 35.7 Å². The fourth-order valence-corrected chi connectivity index (χ4v) is 4.65. The zero-order valence-electron chi connectivity index (χ0n) is 24.9. The number of amides is 2. The van der Waals surface area contributed by atoms with Gasteiger partial charge in [0, 0.05) is 48.8 Å². The highest BCUT2D eigenvalue weighted by Crippen LogP contribution is 2.31. The lowest BCUT2D eigenvalue weighted by molar-refractivity contribution is -0.122. The van der Waals surface area contributed by atoms with E-state index in [9.17, 15) is 18.4 Å². The van der Waals surface area contributed by atoms with E-state index in [4.69, 9.17) is 21.9 Å². The predicted molar refractivity (Wildman–Crippen MR) is 167 cm³/mol. The van der Waals surface area contributed by atoms with Crippen LogP contribution in [0.4, 0.5) is 20.3 Å². The van der Waals surface area contributed by atoms with Gasteiger partial charge in [0.1, 0.15) is 0 Å². The number of aromatic nitrogens is 3. The molecule has 2 amide bonds. The van der Waals surface area contributed by atoms with E-state index >= 15 is 0 Å². The minimum absolute atomic E-state index is 0.0110. The lowest BCUT2D eigenvalue weighted by atomic mass is 10.0. The molecule has 0 unspecified atom stereocenters. The molecule has 15 heteroatoms. The molecule has 0 aliphatic carbocycles. The fraction of sp³-hybridized carbons (Fsp3) is 0.300. The second kappa shape index (κ2) is 14.9. The molecule has 45 heavy (non-hydrogen) atoms. The van der Waals surface area contributed by atoms with Crippen molar-refractivity contribution < 1.29 is 23.1 Å². The zero-order valence-corrected chi connectivity index (χ0v) is 24.9. The highest BCUT2D eigenvalue weighted by molar-refractivity contribution is 5.96. The summed E-state index contributed by atoms with van der Waals surface area (Å²) < 4.78 is 35.7. The van der Waals surface area contributed by atoms with Crippen molar-refractivity contribution in [3.05, 3.63) is 71.7 Å². The number of nitrogens with two attached hydrogens (primary N) is 3. The number of aryl methyl sites for hydroxylation is 1. The molecular formula is C30H36F2N10O3. The van der Waals surface area contributed by atoms with Gasteiger partial charge in [-0.2, -0.15) is 4.39 Å². The largest absolute Gasteiger partial charge is 0.494 e. The monoisotopic (exact) mass is 622 g/mol. The van der Waals surface area contributed by atoms with Crippen molar-refractivity contribution in [1.82, 2.24) is 25.0 Å². The molecule has 1 atom stereocenters. The molecule has 4 aromatic rings. The van der Waals surface area contributed by atoms with E-state index in [1.54, 1.807) is 22.7 Å². The number of imidazole rings is 1. The molecule has 0 saturated carbocycles. The molecule has 13 nitrogen and oxygen atoms in total. The van der Waals surface area contributed by atoms with Crippen molar-refractivity contribution in [2.24, 2.45) is 22.2 Å². The van der Waals surface area contributed by atoms with Gasteiger partial charge in [0.25, 0.3) is 5.91 Å². The van der Waals surface area contributed by atoms with E-state index in [1.165, 1.54) is 31.6 Å². The fourth-order valence-electron chi connectivity index (χ4n) is 4.65. The molecule has 9 N–H and O–H groups in total. The van der Waals surface area contributed by atoms with E-state index in [1.807, 2.05) is 13.0 Å². The number of benzene rings is 2. The lowest BCUT2D eigenvalue weighted by Crippen LogP contribution is -2.43. The SMILES string of the molecule is CCc1cc(Nc2nccn3c(-c4ccc(OC)c(F)c4F)cnc23)ccc1C(=O)NCCNC(=O)[C@H](N)CCCN=C(N)N. The van der Waals surface area contributed by atoms with Gasteiger partial charge < -0.3 is 37.9 Å². The maximum absolute atomic E-state index is 14.8. The quantitative estimate of drug-likeness (QED) is 0.0693. The van der Waals surface area contributed by atoms with Crippen molar-refractivity contribution >= 4 is 34.9 Å². The number of hydrogen-bond acceptors (Lipinski definition) is 8. The number of fused-ring (bicyclic) bond motifs is 1. The maximum atomic E-state index is 14.8. The topological polar surface area (TPSA) is 200 Å². The lowest BCUT2D eigenvalue weighted by Gasteiger charge is -2.14. The van der Waals surface area contributed by atoms with Crippen LogP contribution in [0.2, 0.25) is 0 Å². The zero-order chi connectivity index (χ0) is 32.5. The number of carbonyl (C=O) groups is 2. The smallest absolute Gasteiger partial charge is 0.251 e. The predicted octanol–water partition coefficient (Wildman–Crippen LogP) is 2.22. The average Bonchev–Trinajstić information content (AvgIpc) is 3.47. The number of nitrogens with zero attached hydrogens (tertiary/aromatic N) is 4. The van der Waals surface area contributed by atoms with Crippen LogP contribution in [-0.2, 0) is 11.2 Å². The highest BCUT2D eigenvalue weighted by atomic mass is 19.2. The van der Waals surface area contributed by atoms with Gasteiger partial charge in [-0.1, -0.05) is 6.92 Å². The van der Waals surface area contributed by atoms with E-state index < -0.39 is 17.7 Å². The van der Waals surface area contributed by atoms with Crippen LogP contribution < -0.4 is 37.9 Å². The van der Waals surface area contributed by atoms with Crippen LogP contribution in [0.5, 0.6) is 5.75 Å². The summed E-state index contributed by atoms with van der Waals surface area (Å²) >= 11 is 0. The number of guanidine groups is 1. The Bertz CT molecular complexity index is 1710. The molecule has 0 aliphatic rings. The summed E-state index contributed by atoms with van der Waals surface area (Å²) in [6.45, 7) is 2.73. The summed E-state index contributed by atoms with van der Waals surface area (Å²) in [7, 11) is 1.26. The molecular weight excluding hydrogens is 586 g/mol. The minimum atomic E-state index is -1.09. The second-order valence-corrected chi connectivity index (χ2v) is 10.0. The number of hydrogen-bond donors (Lipinski definition) is 6. The summed E-state index contributed by atoms with van der Waals surface area (Å²) in [4.78, 5) is 37.7. The number of halogens is 2. The number of ether oxygens (including phenoxy) is 1. The molecule has 0 spiro atoms. The first kappa shape index (κ1) is 32.6. The van der Waals surface area contributed by atoms with E-state index in [2.05, 4.69) is 30.9 Å². The van der Waals surface area contributed by atoms with Gasteiger partial charge in [-0.15, -0.1) is 0 Å². The Labute approximate surface area is 258 Å². The summed E-state index contributed by atoms with van der Waals surface area (Å²) in [6.07, 6.45) is 6.09. The van der Waals surface area contributed by atoms with Crippen LogP contribution in [-0.4, -0.2) is 64.9 Å². The number of carbonyl (C=O) groups excluding carboxylic acids is 2. The normalized spacial score (nSPS) is 11.6. The first-order valence-corrected chi connectivity index (χ1v) is 14.3. The van der Waals surface area contributed by atoms with Gasteiger partial charge in [-0.25, -0.2) is 14.4 Å². The Morgan fingerprint density at radius 3 is 2.60 bits per heavy atom. The van der Waals surface area contributed by atoms with Crippen molar-refractivity contribution in [3.63, 3.8) is 0 Å². The highest BCUT2D eigenvalue weighted by Gasteiger charge is 2.20. The molecule has 0 saturated heterocycles. The van der Waals surface area contributed by atoms with Gasteiger partial charge in [0.15, 0.2) is 29.0 Å². The standard InChI is InChI=1S/C30H36F2N10O3/c1-3-17-15-18(6-7-19(17)28(43)37-11-12-38-29(44)21(33)5-4-10-39-30(34)35)41-26-27-40-16-22(42(27)14-13-36-26)20-8-9-23(45-2)25(32)24(20)31/h6-9,13-16,21H,3-5,10-12,33H2,1-2H3,(H,36,41)(H,37,43)(H,38,44)(H4,34,35,39)/t21-/m1/s1. The molecule has 0 fully saturated rings. The number of anilines is 2. The Morgan fingerprint density at radius 2 is 1.87 bits per heavy atom. The number of aliphatic imine (C=N–C) groups is 1.